The molecule has 1 aliphatic rings. The van der Waals surface area contributed by atoms with Gasteiger partial charge in [0.1, 0.15) is 0 Å². The first-order valence-corrected chi connectivity index (χ1v) is 7.73. The second-order valence-electron chi connectivity index (χ2n) is 4.14. The van der Waals surface area contributed by atoms with Gasteiger partial charge in [-0.2, -0.15) is 0 Å². The number of benzene rings is 1. The van der Waals surface area contributed by atoms with Crippen molar-refractivity contribution >= 4 is 34.4 Å². The zero-order valence-electron chi connectivity index (χ0n) is 9.35. The molecule has 2 heterocycles. The molecule has 0 unspecified atom stereocenters. The van der Waals surface area contributed by atoms with Crippen molar-refractivity contribution < 1.29 is 0 Å². The van der Waals surface area contributed by atoms with Crippen molar-refractivity contribution in [2.75, 3.05) is 11.5 Å². The zero-order chi connectivity index (χ0) is 11.0. The van der Waals surface area contributed by atoms with E-state index in [-0.39, 0.29) is 0 Å². The standard InChI is InChI=1S/C13H15NS2/c1-14-7-6-10-4-2-5-11(12(10)14)13-15-8-3-9-16-13/h2,4-7,13H,3,8-9H2,1H3. The minimum absolute atomic E-state index is 0.631. The van der Waals surface area contributed by atoms with Crippen LogP contribution in [-0.4, -0.2) is 16.1 Å². The van der Waals surface area contributed by atoms with Crippen LogP contribution in [0.5, 0.6) is 0 Å². The molecule has 1 nitrogen and oxygen atoms in total. The van der Waals surface area contributed by atoms with Gasteiger partial charge in [0.25, 0.3) is 0 Å². The molecule has 0 saturated carbocycles. The Labute approximate surface area is 105 Å². The normalized spacial score (nSPS) is 18.1. The highest BCUT2D eigenvalue weighted by Crippen LogP contribution is 2.45. The summed E-state index contributed by atoms with van der Waals surface area (Å²) in [5.74, 6) is 2.61. The van der Waals surface area contributed by atoms with E-state index in [1.165, 1.54) is 34.4 Å². The van der Waals surface area contributed by atoms with Crippen LogP contribution in [0.1, 0.15) is 16.6 Å². The van der Waals surface area contributed by atoms with Crippen molar-refractivity contribution in [1.82, 2.24) is 4.57 Å². The van der Waals surface area contributed by atoms with Gasteiger partial charge in [0.2, 0.25) is 0 Å². The monoisotopic (exact) mass is 249 g/mol. The summed E-state index contributed by atoms with van der Waals surface area (Å²) in [4.78, 5) is 0. The number of hydrogen-bond acceptors (Lipinski definition) is 2. The molecule has 16 heavy (non-hydrogen) atoms. The van der Waals surface area contributed by atoms with Gasteiger partial charge in [-0.25, -0.2) is 0 Å². The zero-order valence-corrected chi connectivity index (χ0v) is 11.0. The number of rotatable bonds is 1. The van der Waals surface area contributed by atoms with Crippen molar-refractivity contribution in [2.45, 2.75) is 11.0 Å². The predicted octanol–water partition coefficient (Wildman–Crippen LogP) is 4.05. The third kappa shape index (κ3) is 1.76. The lowest BCUT2D eigenvalue weighted by molar-refractivity contribution is 0.962. The first kappa shape index (κ1) is 10.6. The van der Waals surface area contributed by atoms with Gasteiger partial charge in [-0.15, -0.1) is 23.5 Å². The van der Waals surface area contributed by atoms with Gasteiger partial charge in [-0.3, -0.25) is 0 Å². The first-order valence-electron chi connectivity index (χ1n) is 5.63. The van der Waals surface area contributed by atoms with Crippen LogP contribution in [0.3, 0.4) is 0 Å². The molecule has 1 aromatic heterocycles. The van der Waals surface area contributed by atoms with Crippen molar-refractivity contribution in [2.24, 2.45) is 7.05 Å². The Morgan fingerprint density at radius 3 is 2.81 bits per heavy atom. The molecule has 2 aromatic rings. The van der Waals surface area contributed by atoms with Crippen LogP contribution in [0.15, 0.2) is 30.5 Å². The van der Waals surface area contributed by atoms with E-state index in [1.54, 1.807) is 0 Å². The van der Waals surface area contributed by atoms with Crippen LogP contribution < -0.4 is 0 Å². The maximum Gasteiger partial charge on any atom is 0.0771 e. The van der Waals surface area contributed by atoms with E-state index in [2.05, 4.69) is 65.6 Å². The summed E-state index contributed by atoms with van der Waals surface area (Å²) in [5.41, 5.74) is 2.91. The number of hydrogen-bond donors (Lipinski definition) is 0. The second-order valence-corrected chi connectivity index (χ2v) is 6.86. The summed E-state index contributed by atoms with van der Waals surface area (Å²) in [6.45, 7) is 0. The number of aromatic nitrogens is 1. The van der Waals surface area contributed by atoms with Gasteiger partial charge in [0.05, 0.1) is 10.1 Å². The Balaban J connectivity index is 2.10. The lowest BCUT2D eigenvalue weighted by Gasteiger charge is -2.22. The average Bonchev–Trinajstić information content (AvgIpc) is 2.73. The highest BCUT2D eigenvalue weighted by molar-refractivity contribution is 8.16. The highest BCUT2D eigenvalue weighted by atomic mass is 32.2. The van der Waals surface area contributed by atoms with E-state index in [1.807, 2.05) is 0 Å². The minimum atomic E-state index is 0.631. The third-order valence-corrected chi connectivity index (χ3v) is 5.99. The molecule has 1 aliphatic heterocycles. The van der Waals surface area contributed by atoms with Crippen molar-refractivity contribution in [1.29, 1.82) is 0 Å². The Morgan fingerprint density at radius 1 is 1.19 bits per heavy atom. The molecule has 0 bridgehead atoms. The molecule has 0 aliphatic carbocycles. The molecule has 0 atom stereocenters. The Kier molecular flexibility index (Phi) is 2.90. The van der Waals surface area contributed by atoms with Crippen LogP contribution in [0.4, 0.5) is 0 Å². The minimum Gasteiger partial charge on any atom is -0.350 e. The van der Waals surface area contributed by atoms with Gasteiger partial charge in [0.15, 0.2) is 0 Å². The molecule has 0 amide bonds. The Morgan fingerprint density at radius 2 is 2.00 bits per heavy atom. The molecule has 3 heteroatoms. The van der Waals surface area contributed by atoms with E-state index in [4.69, 9.17) is 0 Å². The molecule has 1 fully saturated rings. The molecular formula is C13H15NS2. The van der Waals surface area contributed by atoms with Crippen LogP contribution in [-0.2, 0) is 7.05 Å². The van der Waals surface area contributed by atoms with Gasteiger partial charge < -0.3 is 4.57 Å². The first-order chi connectivity index (χ1) is 7.86. The molecule has 0 spiro atoms. The molecule has 3 rings (SSSR count). The molecule has 0 N–H and O–H groups in total. The summed E-state index contributed by atoms with van der Waals surface area (Å²) < 4.78 is 2.88. The number of nitrogens with zero attached hydrogens (tertiary/aromatic N) is 1. The quantitative estimate of drug-likeness (QED) is 0.751. The van der Waals surface area contributed by atoms with E-state index in [9.17, 15) is 0 Å². The highest BCUT2D eigenvalue weighted by Gasteiger charge is 2.19. The Hall–Kier alpha value is -0.540. The largest absolute Gasteiger partial charge is 0.350 e. The second kappa shape index (κ2) is 4.38. The predicted molar refractivity (Wildman–Crippen MR) is 75.2 cm³/mol. The van der Waals surface area contributed by atoms with E-state index < -0.39 is 0 Å². The van der Waals surface area contributed by atoms with Gasteiger partial charge >= 0.3 is 0 Å². The topological polar surface area (TPSA) is 4.93 Å². The summed E-state index contributed by atoms with van der Waals surface area (Å²) in [6, 6.07) is 8.89. The fourth-order valence-corrected chi connectivity index (χ4v) is 5.18. The number of thioether (sulfide) groups is 2. The molecule has 1 aromatic carbocycles. The van der Waals surface area contributed by atoms with Crippen LogP contribution in [0.2, 0.25) is 0 Å². The number of fused-ring (bicyclic) bond motifs is 1. The maximum absolute atomic E-state index is 2.29. The number of para-hydroxylation sites is 1. The van der Waals surface area contributed by atoms with E-state index in [0.717, 1.165) is 0 Å². The van der Waals surface area contributed by atoms with Crippen LogP contribution in [0, 0.1) is 0 Å². The fourth-order valence-electron chi connectivity index (χ4n) is 2.25. The van der Waals surface area contributed by atoms with E-state index >= 15 is 0 Å². The van der Waals surface area contributed by atoms with Crippen molar-refractivity contribution in [3.05, 3.63) is 36.0 Å². The van der Waals surface area contributed by atoms with Gasteiger partial charge in [0, 0.05) is 13.2 Å². The number of aryl methyl sites for hydroxylation is 1. The Bertz CT molecular complexity index is 498. The molecular weight excluding hydrogens is 234 g/mol. The van der Waals surface area contributed by atoms with Crippen LogP contribution in [0.25, 0.3) is 10.9 Å². The van der Waals surface area contributed by atoms with Gasteiger partial charge in [-0.05, 0) is 34.9 Å². The lowest BCUT2D eigenvalue weighted by atomic mass is 10.1. The molecule has 0 radical (unpaired) electrons. The van der Waals surface area contributed by atoms with E-state index in [0.29, 0.717) is 4.58 Å². The summed E-state index contributed by atoms with van der Waals surface area (Å²) in [6.07, 6.45) is 3.52. The molecule has 1 saturated heterocycles. The third-order valence-electron chi connectivity index (χ3n) is 3.01. The maximum atomic E-state index is 2.29. The average molecular weight is 249 g/mol. The summed E-state index contributed by atoms with van der Waals surface area (Å²) in [7, 11) is 2.14. The van der Waals surface area contributed by atoms with Crippen LogP contribution >= 0.6 is 23.5 Å². The molecule has 84 valence electrons. The van der Waals surface area contributed by atoms with Crippen molar-refractivity contribution in [3.8, 4) is 0 Å². The smallest absolute Gasteiger partial charge is 0.0771 e. The SMILES string of the molecule is Cn1ccc2cccc(C3SCCCS3)c21. The summed E-state index contributed by atoms with van der Waals surface area (Å²) in [5, 5.41) is 1.37. The lowest BCUT2D eigenvalue weighted by Crippen LogP contribution is -2.02. The van der Waals surface area contributed by atoms with Gasteiger partial charge in [-0.1, -0.05) is 18.2 Å². The summed E-state index contributed by atoms with van der Waals surface area (Å²) >= 11 is 4.19. The fraction of sp³-hybridized carbons (Fsp3) is 0.385. The van der Waals surface area contributed by atoms with Crippen molar-refractivity contribution in [3.63, 3.8) is 0 Å².